The second-order valence-electron chi connectivity index (χ2n) is 2.77. The topological polar surface area (TPSA) is 26.3 Å². The van der Waals surface area contributed by atoms with Gasteiger partial charge >= 0.3 is 5.97 Å². The van der Waals surface area contributed by atoms with E-state index >= 15 is 0 Å². The van der Waals surface area contributed by atoms with Crippen molar-refractivity contribution in [3.05, 3.63) is 12.2 Å². The summed E-state index contributed by atoms with van der Waals surface area (Å²) in [7, 11) is -0.752. The number of carbonyl (C=O) groups is 1. The molecule has 0 amide bonds. The van der Waals surface area contributed by atoms with Crippen LogP contribution >= 0.6 is 0 Å². The van der Waals surface area contributed by atoms with Crippen molar-refractivity contribution in [2.45, 2.75) is 27.4 Å². The van der Waals surface area contributed by atoms with Gasteiger partial charge in [-0.3, -0.25) is 0 Å². The number of esters is 1. The number of ether oxygens (including phenoxy) is 1. The maximum absolute atomic E-state index is 10.7. The monoisotopic (exact) mass is 174 g/mol. The Balaban J connectivity index is 0. The molecule has 0 heterocycles. The van der Waals surface area contributed by atoms with Crippen LogP contribution in [0.4, 0.5) is 0 Å². The third kappa shape index (κ3) is 7.32. The van der Waals surface area contributed by atoms with E-state index in [1.165, 1.54) is 0 Å². The van der Waals surface area contributed by atoms with Crippen molar-refractivity contribution in [2.24, 2.45) is 0 Å². The summed E-state index contributed by atoms with van der Waals surface area (Å²) in [6.07, 6.45) is 0.617. The smallest absolute Gasteiger partial charge is 0.332 e. The maximum atomic E-state index is 10.7. The van der Waals surface area contributed by atoms with Gasteiger partial charge in [0.25, 0.3) is 0 Å². The maximum Gasteiger partial charge on any atom is 0.332 e. The molecular formula is C8H18O2Si. The fourth-order valence-corrected chi connectivity index (χ4v) is 0.850. The Morgan fingerprint density at radius 2 is 2.00 bits per heavy atom. The molecule has 0 aromatic carbocycles. The molecule has 0 saturated heterocycles. The van der Waals surface area contributed by atoms with Crippen LogP contribution in [0.15, 0.2) is 12.2 Å². The molecule has 0 rings (SSSR count). The van der Waals surface area contributed by atoms with Crippen molar-refractivity contribution < 1.29 is 9.53 Å². The summed E-state index contributed by atoms with van der Waals surface area (Å²) < 4.78 is 4.89. The Bertz CT molecular complexity index is 141. The highest BCUT2D eigenvalue weighted by Gasteiger charge is 2.03. The number of hydrogen-bond donors (Lipinski definition) is 0. The largest absolute Gasteiger partial charge is 0.467 e. The summed E-state index contributed by atoms with van der Waals surface area (Å²) >= 11 is 0. The Morgan fingerprint density at radius 3 is 2.27 bits per heavy atom. The van der Waals surface area contributed by atoms with E-state index in [-0.39, 0.29) is 13.4 Å². The van der Waals surface area contributed by atoms with Crippen molar-refractivity contribution in [3.63, 3.8) is 0 Å². The van der Waals surface area contributed by atoms with Gasteiger partial charge in [0.2, 0.25) is 0 Å². The molecule has 11 heavy (non-hydrogen) atoms. The molecule has 0 spiro atoms. The fourth-order valence-electron chi connectivity index (χ4n) is 0.366. The fraction of sp³-hybridized carbons (Fsp3) is 0.625. The van der Waals surface area contributed by atoms with Gasteiger partial charge < -0.3 is 4.74 Å². The summed E-state index contributed by atoms with van der Waals surface area (Å²) in [6.45, 7) is 9.39. The minimum absolute atomic E-state index is 0. The van der Waals surface area contributed by atoms with Crippen LogP contribution in [0.25, 0.3) is 0 Å². The van der Waals surface area contributed by atoms with Gasteiger partial charge in [0.05, 0.1) is 15.0 Å². The van der Waals surface area contributed by atoms with Gasteiger partial charge in [-0.25, -0.2) is 4.79 Å². The normalized spacial score (nSPS) is 8.73. The summed E-state index contributed by atoms with van der Waals surface area (Å²) in [6, 6.07) is 0. The average molecular weight is 174 g/mol. The van der Waals surface area contributed by atoms with Crippen molar-refractivity contribution in [2.75, 3.05) is 6.23 Å². The lowest BCUT2D eigenvalue weighted by Crippen LogP contribution is -2.16. The Morgan fingerprint density at radius 1 is 1.55 bits per heavy atom. The summed E-state index contributed by atoms with van der Waals surface area (Å²) in [5.41, 5.74) is 0.481. The molecule has 66 valence electrons. The lowest BCUT2D eigenvalue weighted by Gasteiger charge is -2.04. The van der Waals surface area contributed by atoms with Gasteiger partial charge in [-0.2, -0.15) is 0 Å². The van der Waals surface area contributed by atoms with Gasteiger partial charge in [0.1, 0.15) is 0 Å². The molecule has 0 aromatic heterocycles. The molecule has 0 N–H and O–H groups in total. The van der Waals surface area contributed by atoms with E-state index < -0.39 is 8.80 Å². The quantitative estimate of drug-likeness (QED) is 0.370. The summed E-state index contributed by atoms with van der Waals surface area (Å²) in [4.78, 5) is 10.7. The van der Waals surface area contributed by atoms with Crippen molar-refractivity contribution in [1.29, 1.82) is 0 Å². The van der Waals surface area contributed by atoms with E-state index in [1.807, 2.05) is 0 Å². The van der Waals surface area contributed by atoms with Crippen molar-refractivity contribution >= 4 is 14.8 Å². The summed E-state index contributed by atoms with van der Waals surface area (Å²) in [5, 5.41) is 0. The van der Waals surface area contributed by atoms with Crippen LogP contribution in [-0.2, 0) is 9.53 Å². The summed E-state index contributed by atoms with van der Waals surface area (Å²) in [5.74, 6) is -0.263. The predicted octanol–water partition coefficient (Wildman–Crippen LogP) is 1.77. The number of rotatable bonds is 3. The van der Waals surface area contributed by atoms with Crippen molar-refractivity contribution in [1.82, 2.24) is 0 Å². The predicted molar refractivity (Wildman–Crippen MR) is 51.4 cm³/mol. The zero-order valence-electron chi connectivity index (χ0n) is 6.81. The van der Waals surface area contributed by atoms with Gasteiger partial charge in [-0.1, -0.05) is 27.1 Å². The highest BCUT2D eigenvalue weighted by Crippen LogP contribution is 1.92. The second kappa shape index (κ2) is 6.16. The molecule has 3 heteroatoms. The lowest BCUT2D eigenvalue weighted by molar-refractivity contribution is -0.137. The molecule has 0 aliphatic rings. The standard InChI is InChI=1S/C7H14O2Si.CH4/c1-6(2)7(8)9-5-10(3)4;/h10H,1,5H2,2-4H3;1H4. The third-order valence-electron chi connectivity index (χ3n) is 0.896. The highest BCUT2D eigenvalue weighted by atomic mass is 28.3. The molecular weight excluding hydrogens is 156 g/mol. The molecule has 0 atom stereocenters. The molecule has 0 radical (unpaired) electrons. The zero-order chi connectivity index (χ0) is 8.15. The third-order valence-corrected chi connectivity index (χ3v) is 1.73. The van der Waals surface area contributed by atoms with Crippen LogP contribution in [0.2, 0.25) is 13.1 Å². The first-order valence-corrected chi connectivity index (χ1v) is 6.49. The number of carbonyl (C=O) groups excluding carboxylic acids is 1. The molecule has 0 bridgehead atoms. The molecule has 0 unspecified atom stereocenters. The molecule has 0 saturated carbocycles. The Labute approximate surface area is 70.9 Å². The first-order chi connectivity index (χ1) is 4.54. The van der Waals surface area contributed by atoms with Gasteiger partial charge in [0.15, 0.2) is 0 Å². The zero-order valence-corrected chi connectivity index (χ0v) is 7.96. The van der Waals surface area contributed by atoms with Crippen LogP contribution < -0.4 is 0 Å². The second-order valence-corrected chi connectivity index (χ2v) is 5.89. The first kappa shape index (κ1) is 13.0. The van der Waals surface area contributed by atoms with Crippen LogP contribution in [0.3, 0.4) is 0 Å². The van der Waals surface area contributed by atoms with Crippen LogP contribution in [-0.4, -0.2) is 21.0 Å². The average Bonchev–Trinajstić information content (AvgIpc) is 1.82. The van der Waals surface area contributed by atoms with E-state index in [4.69, 9.17) is 4.74 Å². The molecule has 0 aliphatic heterocycles. The minimum atomic E-state index is -0.752. The van der Waals surface area contributed by atoms with Crippen LogP contribution in [0.1, 0.15) is 14.4 Å². The van der Waals surface area contributed by atoms with E-state index in [9.17, 15) is 4.79 Å². The molecule has 0 fully saturated rings. The van der Waals surface area contributed by atoms with Crippen LogP contribution in [0.5, 0.6) is 0 Å². The molecule has 2 nitrogen and oxygen atoms in total. The lowest BCUT2D eigenvalue weighted by atomic mass is 10.4. The van der Waals surface area contributed by atoms with E-state index in [2.05, 4.69) is 19.7 Å². The highest BCUT2D eigenvalue weighted by molar-refractivity contribution is 6.55. The van der Waals surface area contributed by atoms with Crippen molar-refractivity contribution in [3.8, 4) is 0 Å². The molecule has 0 aromatic rings. The first-order valence-electron chi connectivity index (χ1n) is 3.36. The van der Waals surface area contributed by atoms with Gasteiger partial charge in [-0.05, 0) is 6.92 Å². The van der Waals surface area contributed by atoms with E-state index in [1.54, 1.807) is 6.92 Å². The Hall–Kier alpha value is -0.573. The molecule has 0 aliphatic carbocycles. The minimum Gasteiger partial charge on any atom is -0.467 e. The van der Waals surface area contributed by atoms with Gasteiger partial charge in [0, 0.05) is 5.57 Å². The SMILES string of the molecule is C.C=C(C)C(=O)OC[SiH](C)C. The van der Waals surface area contributed by atoms with Gasteiger partial charge in [-0.15, -0.1) is 0 Å². The van der Waals surface area contributed by atoms with E-state index in [0.29, 0.717) is 11.8 Å². The number of hydrogen-bond acceptors (Lipinski definition) is 2. The van der Waals surface area contributed by atoms with E-state index in [0.717, 1.165) is 0 Å². The van der Waals surface area contributed by atoms with Crippen LogP contribution in [0, 0.1) is 0 Å². The Kier molecular flexibility index (Phi) is 7.30.